The topological polar surface area (TPSA) is 12.0 Å². The lowest BCUT2D eigenvalue weighted by atomic mass is 10.0. The summed E-state index contributed by atoms with van der Waals surface area (Å²) in [6, 6.07) is 6.70. The third kappa shape index (κ3) is 3.37. The molecule has 0 aliphatic carbocycles. The van der Waals surface area contributed by atoms with Crippen molar-refractivity contribution in [3.8, 4) is 0 Å². The third-order valence-corrected chi connectivity index (χ3v) is 3.93. The summed E-state index contributed by atoms with van der Waals surface area (Å²) < 4.78 is 51.1. The molecule has 0 saturated heterocycles. The van der Waals surface area contributed by atoms with E-state index in [0.29, 0.717) is 12.0 Å². The summed E-state index contributed by atoms with van der Waals surface area (Å²) in [7, 11) is 1.70. The highest BCUT2D eigenvalue weighted by atomic mass is 32.1. The number of hydrogen-bond donors (Lipinski definition) is 1. The normalized spacial score (nSPS) is 13.4. The van der Waals surface area contributed by atoms with Crippen molar-refractivity contribution in [2.75, 3.05) is 7.05 Å². The Labute approximate surface area is 118 Å². The Morgan fingerprint density at radius 3 is 2.50 bits per heavy atom. The Kier molecular flexibility index (Phi) is 4.45. The highest BCUT2D eigenvalue weighted by Gasteiger charge is 2.34. The number of likely N-dealkylation sites (N-methyl/N-ethyl adjacent to an activating group) is 1. The second-order valence-corrected chi connectivity index (χ2v) is 5.39. The van der Waals surface area contributed by atoms with Gasteiger partial charge < -0.3 is 5.32 Å². The van der Waals surface area contributed by atoms with Gasteiger partial charge in [0.1, 0.15) is 5.82 Å². The zero-order chi connectivity index (χ0) is 14.8. The zero-order valence-corrected chi connectivity index (χ0v) is 11.5. The molecule has 0 spiro atoms. The lowest BCUT2D eigenvalue weighted by Crippen LogP contribution is -2.19. The fourth-order valence-corrected chi connectivity index (χ4v) is 2.75. The Morgan fingerprint density at radius 2 is 2.00 bits per heavy atom. The maximum absolute atomic E-state index is 13.6. The van der Waals surface area contributed by atoms with Gasteiger partial charge in [0.25, 0.3) is 0 Å². The number of rotatable bonds is 4. The first kappa shape index (κ1) is 15.0. The zero-order valence-electron chi connectivity index (χ0n) is 10.7. The second kappa shape index (κ2) is 5.93. The number of alkyl halides is 3. The summed E-state index contributed by atoms with van der Waals surface area (Å²) in [4.78, 5) is 1.09. The molecule has 0 fully saturated rings. The monoisotopic (exact) mass is 303 g/mol. The molecular formula is C14H13F4NS. The number of thiophene rings is 1. The van der Waals surface area contributed by atoms with Crippen LogP contribution < -0.4 is 5.32 Å². The van der Waals surface area contributed by atoms with Crippen LogP contribution in [-0.4, -0.2) is 7.05 Å². The van der Waals surface area contributed by atoms with Crippen LogP contribution in [0.5, 0.6) is 0 Å². The van der Waals surface area contributed by atoms with Crippen LogP contribution >= 0.6 is 11.3 Å². The standard InChI is InChI=1S/C14H13F4NS/c1-19-13(8-10-3-2-6-20-10)9-4-5-11(12(15)7-9)14(16,17)18/h2-7,13,19H,8H2,1H3. The van der Waals surface area contributed by atoms with Crippen molar-refractivity contribution in [1.29, 1.82) is 0 Å². The first-order valence-corrected chi connectivity index (χ1v) is 6.86. The van der Waals surface area contributed by atoms with Gasteiger partial charge in [-0.05, 0) is 36.2 Å². The average Bonchev–Trinajstić information content (AvgIpc) is 2.87. The van der Waals surface area contributed by atoms with Crippen molar-refractivity contribution < 1.29 is 17.6 Å². The van der Waals surface area contributed by atoms with Gasteiger partial charge in [-0.25, -0.2) is 4.39 Å². The molecule has 0 aliphatic rings. The maximum atomic E-state index is 13.6. The molecular weight excluding hydrogens is 290 g/mol. The summed E-state index contributed by atoms with van der Waals surface area (Å²) in [6.45, 7) is 0. The molecule has 1 atom stereocenters. The Bertz CT molecular complexity index is 563. The molecule has 1 aromatic heterocycles. The molecule has 0 bridgehead atoms. The number of nitrogens with one attached hydrogen (secondary N) is 1. The van der Waals surface area contributed by atoms with E-state index in [2.05, 4.69) is 5.32 Å². The Hall–Kier alpha value is -1.40. The van der Waals surface area contributed by atoms with E-state index in [-0.39, 0.29) is 6.04 Å². The molecule has 0 saturated carbocycles. The minimum Gasteiger partial charge on any atom is -0.313 e. The van der Waals surface area contributed by atoms with Crippen LogP contribution in [0.4, 0.5) is 17.6 Å². The van der Waals surface area contributed by atoms with Gasteiger partial charge in [0.2, 0.25) is 0 Å². The first-order valence-electron chi connectivity index (χ1n) is 5.98. The highest BCUT2D eigenvalue weighted by molar-refractivity contribution is 7.09. The predicted molar refractivity (Wildman–Crippen MR) is 71.2 cm³/mol. The first-order chi connectivity index (χ1) is 9.41. The fraction of sp³-hybridized carbons (Fsp3) is 0.286. The molecule has 0 aliphatic heterocycles. The van der Waals surface area contributed by atoms with E-state index in [1.807, 2.05) is 17.5 Å². The number of halogens is 4. The van der Waals surface area contributed by atoms with Crippen LogP contribution in [0, 0.1) is 5.82 Å². The van der Waals surface area contributed by atoms with Gasteiger partial charge in [-0.15, -0.1) is 11.3 Å². The Balaban J connectivity index is 2.25. The molecule has 2 rings (SSSR count). The smallest absolute Gasteiger partial charge is 0.313 e. The van der Waals surface area contributed by atoms with E-state index in [1.54, 1.807) is 18.4 Å². The maximum Gasteiger partial charge on any atom is 0.419 e. The molecule has 2 aromatic rings. The molecule has 1 N–H and O–H groups in total. The van der Waals surface area contributed by atoms with Crippen LogP contribution in [-0.2, 0) is 12.6 Å². The van der Waals surface area contributed by atoms with Crippen molar-refractivity contribution in [3.63, 3.8) is 0 Å². The molecule has 0 amide bonds. The molecule has 20 heavy (non-hydrogen) atoms. The fourth-order valence-electron chi connectivity index (χ4n) is 1.99. The molecule has 6 heteroatoms. The third-order valence-electron chi connectivity index (χ3n) is 3.03. The van der Waals surface area contributed by atoms with Crippen LogP contribution in [0.1, 0.15) is 22.0 Å². The summed E-state index contributed by atoms with van der Waals surface area (Å²) in [5, 5.41) is 4.93. The SMILES string of the molecule is CNC(Cc1cccs1)c1ccc(C(F)(F)F)c(F)c1. The number of hydrogen-bond acceptors (Lipinski definition) is 2. The summed E-state index contributed by atoms with van der Waals surface area (Å²) in [5.74, 6) is -1.23. The van der Waals surface area contributed by atoms with E-state index in [1.165, 1.54) is 6.07 Å². The van der Waals surface area contributed by atoms with Crippen LogP contribution in [0.3, 0.4) is 0 Å². The van der Waals surface area contributed by atoms with E-state index in [4.69, 9.17) is 0 Å². The van der Waals surface area contributed by atoms with Crippen LogP contribution in [0.2, 0.25) is 0 Å². The minimum absolute atomic E-state index is 0.217. The molecule has 1 nitrogen and oxygen atoms in total. The largest absolute Gasteiger partial charge is 0.419 e. The molecule has 1 unspecified atom stereocenters. The summed E-state index contributed by atoms with van der Waals surface area (Å²) >= 11 is 1.56. The van der Waals surface area contributed by atoms with Gasteiger partial charge in [0, 0.05) is 17.3 Å². The highest BCUT2D eigenvalue weighted by Crippen LogP contribution is 2.33. The molecule has 108 valence electrons. The summed E-state index contributed by atoms with van der Waals surface area (Å²) in [5.41, 5.74) is -0.723. The van der Waals surface area contributed by atoms with Crippen molar-refractivity contribution in [3.05, 3.63) is 57.5 Å². The van der Waals surface area contributed by atoms with Gasteiger partial charge in [-0.3, -0.25) is 0 Å². The van der Waals surface area contributed by atoms with Gasteiger partial charge >= 0.3 is 6.18 Å². The quantitative estimate of drug-likeness (QED) is 0.825. The van der Waals surface area contributed by atoms with Gasteiger partial charge in [-0.1, -0.05) is 12.1 Å². The second-order valence-electron chi connectivity index (χ2n) is 4.36. The Morgan fingerprint density at radius 1 is 1.25 bits per heavy atom. The van der Waals surface area contributed by atoms with Crippen molar-refractivity contribution >= 4 is 11.3 Å². The van der Waals surface area contributed by atoms with Gasteiger partial charge in [0.05, 0.1) is 5.56 Å². The van der Waals surface area contributed by atoms with E-state index >= 15 is 0 Å². The average molecular weight is 303 g/mol. The van der Waals surface area contributed by atoms with E-state index < -0.39 is 17.6 Å². The van der Waals surface area contributed by atoms with Gasteiger partial charge in [-0.2, -0.15) is 13.2 Å². The minimum atomic E-state index is -4.66. The van der Waals surface area contributed by atoms with Crippen LogP contribution in [0.25, 0.3) is 0 Å². The molecule has 1 heterocycles. The molecule has 1 aromatic carbocycles. The summed E-state index contributed by atoms with van der Waals surface area (Å²) in [6.07, 6.45) is -4.05. The predicted octanol–water partition coefficient (Wildman–Crippen LogP) is 4.41. The van der Waals surface area contributed by atoms with E-state index in [9.17, 15) is 17.6 Å². The lowest BCUT2D eigenvalue weighted by molar-refractivity contribution is -0.140. The van der Waals surface area contributed by atoms with Crippen LogP contribution in [0.15, 0.2) is 35.7 Å². The van der Waals surface area contributed by atoms with Crippen molar-refractivity contribution in [2.24, 2.45) is 0 Å². The van der Waals surface area contributed by atoms with Gasteiger partial charge in [0.15, 0.2) is 0 Å². The van der Waals surface area contributed by atoms with E-state index in [0.717, 1.165) is 17.0 Å². The molecule has 0 radical (unpaired) electrons. The lowest BCUT2D eigenvalue weighted by Gasteiger charge is -2.17. The van der Waals surface area contributed by atoms with Crippen molar-refractivity contribution in [1.82, 2.24) is 5.32 Å². The number of benzene rings is 1. The van der Waals surface area contributed by atoms with Crippen molar-refractivity contribution in [2.45, 2.75) is 18.6 Å².